The molecule has 2 atom stereocenters. The molecule has 1 aliphatic carbocycles. The Hall–Kier alpha value is -1.75. The zero-order chi connectivity index (χ0) is 15.6. The smallest absolute Gasteiger partial charge is 0.248 e. The molecule has 1 amide bonds. The van der Waals surface area contributed by atoms with Gasteiger partial charge >= 0.3 is 0 Å². The normalized spacial score (nSPS) is 23.2. The first-order valence-electron chi connectivity index (χ1n) is 7.26. The predicted octanol–water partition coefficient (Wildman–Crippen LogP) is 2.41. The summed E-state index contributed by atoms with van der Waals surface area (Å²) in [5.74, 6) is 0.261. The van der Waals surface area contributed by atoms with E-state index >= 15 is 0 Å². The second-order valence-corrected chi connectivity index (χ2v) is 5.98. The van der Waals surface area contributed by atoms with E-state index in [2.05, 4.69) is 19.2 Å². The van der Waals surface area contributed by atoms with Gasteiger partial charge in [-0.25, -0.2) is 0 Å². The van der Waals surface area contributed by atoms with E-state index < -0.39 is 5.91 Å². The number of methoxy groups -OCH3 is 1. The van der Waals surface area contributed by atoms with Crippen molar-refractivity contribution in [1.29, 1.82) is 0 Å². The number of hydrogen-bond acceptors (Lipinski definition) is 4. The number of carbonyl (C=O) groups is 1. The molecule has 1 aromatic carbocycles. The van der Waals surface area contributed by atoms with E-state index in [-0.39, 0.29) is 17.6 Å². The molecule has 5 nitrogen and oxygen atoms in total. The summed E-state index contributed by atoms with van der Waals surface area (Å²) in [7, 11) is 1.61. The minimum atomic E-state index is -0.444. The summed E-state index contributed by atoms with van der Waals surface area (Å²) in [6.07, 6.45) is 1.19. The molecule has 5 heteroatoms. The lowest BCUT2D eigenvalue weighted by Gasteiger charge is -2.52. The van der Waals surface area contributed by atoms with Crippen LogP contribution in [0.5, 0.6) is 5.75 Å². The first-order valence-corrected chi connectivity index (χ1v) is 7.26. The molecule has 0 aromatic heterocycles. The van der Waals surface area contributed by atoms with Crippen molar-refractivity contribution in [2.75, 3.05) is 19.0 Å². The molecular formula is C16H24N2O3. The van der Waals surface area contributed by atoms with Crippen molar-refractivity contribution in [3.8, 4) is 5.75 Å². The van der Waals surface area contributed by atoms with Crippen molar-refractivity contribution >= 4 is 11.6 Å². The van der Waals surface area contributed by atoms with E-state index in [1.165, 1.54) is 0 Å². The van der Waals surface area contributed by atoms with Gasteiger partial charge in [-0.2, -0.15) is 0 Å². The monoisotopic (exact) mass is 292 g/mol. The number of nitrogens with one attached hydrogen (secondary N) is 1. The van der Waals surface area contributed by atoms with Gasteiger partial charge in [-0.15, -0.1) is 0 Å². The summed E-state index contributed by atoms with van der Waals surface area (Å²) in [6.45, 7) is 7.09. The third-order valence-corrected chi connectivity index (χ3v) is 4.36. The van der Waals surface area contributed by atoms with E-state index in [0.29, 0.717) is 11.3 Å². The minimum absolute atomic E-state index is 0.0315. The Morgan fingerprint density at radius 2 is 2.19 bits per heavy atom. The predicted molar refractivity (Wildman–Crippen MR) is 82.7 cm³/mol. The molecule has 0 saturated heterocycles. The van der Waals surface area contributed by atoms with Crippen molar-refractivity contribution < 1.29 is 14.3 Å². The van der Waals surface area contributed by atoms with E-state index in [9.17, 15) is 4.79 Å². The van der Waals surface area contributed by atoms with Gasteiger partial charge < -0.3 is 20.5 Å². The van der Waals surface area contributed by atoms with Gasteiger partial charge in [0.05, 0.1) is 18.9 Å². The molecule has 116 valence electrons. The summed E-state index contributed by atoms with van der Waals surface area (Å²) in [5.41, 5.74) is 6.63. The largest absolute Gasteiger partial charge is 0.495 e. The molecule has 0 heterocycles. The molecule has 1 aliphatic rings. The van der Waals surface area contributed by atoms with Gasteiger partial charge in [-0.3, -0.25) is 4.79 Å². The van der Waals surface area contributed by atoms with Crippen LogP contribution in [0.15, 0.2) is 18.2 Å². The zero-order valence-corrected chi connectivity index (χ0v) is 13.1. The maximum absolute atomic E-state index is 11.3. The van der Waals surface area contributed by atoms with E-state index in [0.717, 1.165) is 18.7 Å². The van der Waals surface area contributed by atoms with Gasteiger partial charge in [0.1, 0.15) is 5.75 Å². The fourth-order valence-corrected chi connectivity index (χ4v) is 2.78. The molecule has 3 N–H and O–H groups in total. The highest BCUT2D eigenvalue weighted by Gasteiger charge is 2.49. The minimum Gasteiger partial charge on any atom is -0.495 e. The first-order chi connectivity index (χ1) is 9.90. The highest BCUT2D eigenvalue weighted by Crippen LogP contribution is 2.45. The SMILES string of the molecule is CCOC1CC(Nc2cc(C(N)=O)ccc2OC)C1(C)C. The third kappa shape index (κ3) is 2.97. The molecule has 0 aliphatic heterocycles. The van der Waals surface area contributed by atoms with E-state index in [1.54, 1.807) is 25.3 Å². The number of anilines is 1. The van der Waals surface area contributed by atoms with Crippen molar-refractivity contribution in [1.82, 2.24) is 0 Å². The van der Waals surface area contributed by atoms with Gasteiger partial charge in [-0.1, -0.05) is 13.8 Å². The Bertz CT molecular complexity index is 528. The van der Waals surface area contributed by atoms with Crippen LogP contribution in [-0.2, 0) is 4.74 Å². The lowest BCUT2D eigenvalue weighted by molar-refractivity contribution is -0.0976. The van der Waals surface area contributed by atoms with Crippen LogP contribution in [0, 0.1) is 5.41 Å². The summed E-state index contributed by atoms with van der Waals surface area (Å²) in [5, 5.41) is 3.46. The maximum atomic E-state index is 11.3. The van der Waals surface area contributed by atoms with Crippen molar-refractivity contribution in [2.45, 2.75) is 39.3 Å². The summed E-state index contributed by atoms with van der Waals surface area (Å²) < 4.78 is 11.1. The van der Waals surface area contributed by atoms with Crippen LogP contribution in [0.1, 0.15) is 37.6 Å². The second-order valence-electron chi connectivity index (χ2n) is 5.98. The van der Waals surface area contributed by atoms with Crippen molar-refractivity contribution in [2.24, 2.45) is 11.1 Å². The number of primary amides is 1. The van der Waals surface area contributed by atoms with E-state index in [4.69, 9.17) is 15.2 Å². The molecule has 21 heavy (non-hydrogen) atoms. The fraction of sp³-hybridized carbons (Fsp3) is 0.562. The molecule has 0 radical (unpaired) electrons. The molecule has 2 unspecified atom stereocenters. The lowest BCUT2D eigenvalue weighted by Crippen LogP contribution is -2.58. The average molecular weight is 292 g/mol. The van der Waals surface area contributed by atoms with Gasteiger partial charge in [0.15, 0.2) is 0 Å². The maximum Gasteiger partial charge on any atom is 0.248 e. The van der Waals surface area contributed by atoms with Crippen LogP contribution in [0.4, 0.5) is 5.69 Å². The topological polar surface area (TPSA) is 73.6 Å². The Morgan fingerprint density at radius 1 is 1.48 bits per heavy atom. The van der Waals surface area contributed by atoms with Crippen molar-refractivity contribution in [3.05, 3.63) is 23.8 Å². The summed E-state index contributed by atoms with van der Waals surface area (Å²) in [6, 6.07) is 5.44. The quantitative estimate of drug-likeness (QED) is 0.844. The van der Waals surface area contributed by atoms with Gasteiger partial charge in [-0.05, 0) is 31.5 Å². The van der Waals surface area contributed by atoms with Gasteiger partial charge in [0.25, 0.3) is 0 Å². The first kappa shape index (κ1) is 15.6. The van der Waals surface area contributed by atoms with Crippen LogP contribution in [0.2, 0.25) is 0 Å². The number of nitrogens with two attached hydrogens (primary N) is 1. The van der Waals surface area contributed by atoms with Crippen LogP contribution >= 0.6 is 0 Å². The summed E-state index contributed by atoms with van der Waals surface area (Å²) >= 11 is 0. The Morgan fingerprint density at radius 3 is 2.71 bits per heavy atom. The van der Waals surface area contributed by atoms with Crippen LogP contribution in [0.25, 0.3) is 0 Å². The number of benzene rings is 1. The lowest BCUT2D eigenvalue weighted by atomic mass is 9.64. The summed E-state index contributed by atoms with van der Waals surface area (Å²) in [4.78, 5) is 11.3. The van der Waals surface area contributed by atoms with Crippen molar-refractivity contribution in [3.63, 3.8) is 0 Å². The Labute approximate surface area is 125 Å². The molecule has 1 fully saturated rings. The number of hydrogen-bond donors (Lipinski definition) is 2. The van der Waals surface area contributed by atoms with E-state index in [1.807, 2.05) is 6.92 Å². The molecular weight excluding hydrogens is 268 g/mol. The van der Waals surface area contributed by atoms with Crippen LogP contribution < -0.4 is 15.8 Å². The molecule has 0 bridgehead atoms. The fourth-order valence-electron chi connectivity index (χ4n) is 2.78. The van der Waals surface area contributed by atoms with Crippen LogP contribution in [0.3, 0.4) is 0 Å². The number of ether oxygens (including phenoxy) is 2. The molecule has 1 aromatic rings. The highest BCUT2D eigenvalue weighted by molar-refractivity contribution is 5.94. The standard InChI is InChI=1S/C16H24N2O3/c1-5-21-14-9-13(16(14,2)3)18-11-8-10(15(17)19)6-7-12(11)20-4/h6-8,13-14,18H,5,9H2,1-4H3,(H2,17,19). The zero-order valence-electron chi connectivity index (χ0n) is 13.1. The van der Waals surface area contributed by atoms with Crippen LogP contribution in [-0.4, -0.2) is 31.8 Å². The highest BCUT2D eigenvalue weighted by atomic mass is 16.5. The third-order valence-electron chi connectivity index (χ3n) is 4.36. The number of carbonyl (C=O) groups excluding carboxylic acids is 1. The molecule has 0 spiro atoms. The molecule has 1 saturated carbocycles. The molecule has 2 rings (SSSR count). The van der Waals surface area contributed by atoms with Gasteiger partial charge in [0.2, 0.25) is 5.91 Å². The average Bonchev–Trinajstić information content (AvgIpc) is 2.46. The number of amides is 1. The Balaban J connectivity index is 2.16. The number of rotatable bonds is 6. The second kappa shape index (κ2) is 5.93. The Kier molecular flexibility index (Phi) is 4.42. The van der Waals surface area contributed by atoms with Gasteiger partial charge in [0, 0.05) is 23.6 Å².